The number of ketones is 1. The second kappa shape index (κ2) is 7.12. The molecule has 4 rings (SSSR count). The van der Waals surface area contributed by atoms with Crippen LogP contribution in [0, 0.1) is 0 Å². The van der Waals surface area contributed by atoms with Crippen molar-refractivity contribution in [2.75, 3.05) is 6.54 Å². The lowest BCUT2D eigenvalue weighted by Gasteiger charge is -2.24. The molecule has 1 saturated heterocycles. The highest BCUT2D eigenvalue weighted by molar-refractivity contribution is 5.97. The second-order valence-electron chi connectivity index (χ2n) is 6.77. The Labute approximate surface area is 152 Å². The molecule has 26 heavy (non-hydrogen) atoms. The van der Waals surface area contributed by atoms with E-state index in [9.17, 15) is 9.59 Å². The van der Waals surface area contributed by atoms with E-state index in [1.807, 2.05) is 59.5 Å². The first-order valence-electron chi connectivity index (χ1n) is 9.02. The van der Waals surface area contributed by atoms with E-state index in [4.69, 9.17) is 0 Å². The zero-order valence-electron chi connectivity index (χ0n) is 14.5. The standard InChI is InChI=1S/C21H21N3O2/c25-20(15-7-2-1-3-8-15)13-16-9-6-12-24(16)21(26)14-19-17-10-4-5-11-18(17)22-23-19/h1-5,7-8,10-11,16H,6,9,12-14H2,(H,22,23)/t16-/m1/s1. The number of hydrogen-bond donors (Lipinski definition) is 1. The van der Waals surface area contributed by atoms with Crippen LogP contribution in [-0.4, -0.2) is 39.4 Å². The fraction of sp³-hybridized carbons (Fsp3) is 0.286. The molecule has 0 bridgehead atoms. The van der Waals surface area contributed by atoms with Crippen LogP contribution in [0.25, 0.3) is 10.9 Å². The number of fused-ring (bicyclic) bond motifs is 1. The van der Waals surface area contributed by atoms with Gasteiger partial charge in [0.05, 0.1) is 17.6 Å². The Hall–Kier alpha value is -2.95. The number of nitrogens with zero attached hydrogens (tertiary/aromatic N) is 2. The van der Waals surface area contributed by atoms with Crippen LogP contribution in [0.4, 0.5) is 0 Å². The van der Waals surface area contributed by atoms with Crippen LogP contribution >= 0.6 is 0 Å². The Morgan fingerprint density at radius 1 is 1.08 bits per heavy atom. The minimum atomic E-state index is -0.00982. The number of rotatable bonds is 5. The lowest BCUT2D eigenvalue weighted by molar-refractivity contribution is -0.131. The van der Waals surface area contributed by atoms with E-state index >= 15 is 0 Å². The average Bonchev–Trinajstić information content (AvgIpc) is 3.30. The van der Waals surface area contributed by atoms with Crippen LogP contribution in [0.2, 0.25) is 0 Å². The van der Waals surface area contributed by atoms with Crippen molar-refractivity contribution in [1.82, 2.24) is 15.1 Å². The van der Waals surface area contributed by atoms with Crippen LogP contribution in [0.15, 0.2) is 54.6 Å². The van der Waals surface area contributed by atoms with Gasteiger partial charge in [-0.3, -0.25) is 14.7 Å². The third kappa shape index (κ3) is 3.25. The number of carbonyl (C=O) groups excluding carboxylic acids is 2. The molecular weight excluding hydrogens is 326 g/mol. The zero-order chi connectivity index (χ0) is 17.9. The van der Waals surface area contributed by atoms with Crippen molar-refractivity contribution in [2.45, 2.75) is 31.7 Å². The van der Waals surface area contributed by atoms with Crippen molar-refractivity contribution in [3.05, 3.63) is 65.9 Å². The number of aromatic nitrogens is 2. The second-order valence-corrected chi connectivity index (χ2v) is 6.77. The van der Waals surface area contributed by atoms with Gasteiger partial charge in [0.2, 0.25) is 5.91 Å². The zero-order valence-corrected chi connectivity index (χ0v) is 14.5. The fourth-order valence-corrected chi connectivity index (χ4v) is 3.73. The molecule has 0 spiro atoms. The molecule has 1 amide bonds. The van der Waals surface area contributed by atoms with E-state index in [1.165, 1.54) is 0 Å². The molecule has 3 aromatic rings. The third-order valence-corrected chi connectivity index (χ3v) is 5.08. The Kier molecular flexibility index (Phi) is 4.52. The Balaban J connectivity index is 1.46. The maximum atomic E-state index is 12.9. The number of H-pyrrole nitrogens is 1. The Bertz CT molecular complexity index is 933. The summed E-state index contributed by atoms with van der Waals surface area (Å²) in [7, 11) is 0. The quantitative estimate of drug-likeness (QED) is 0.720. The summed E-state index contributed by atoms with van der Waals surface area (Å²) >= 11 is 0. The van der Waals surface area contributed by atoms with Crippen molar-refractivity contribution < 1.29 is 9.59 Å². The summed E-state index contributed by atoms with van der Waals surface area (Å²) in [6.07, 6.45) is 2.51. The number of aromatic amines is 1. The fourth-order valence-electron chi connectivity index (χ4n) is 3.73. The summed E-state index contributed by atoms with van der Waals surface area (Å²) in [6.45, 7) is 0.720. The molecule has 0 unspecified atom stereocenters. The largest absolute Gasteiger partial charge is 0.339 e. The van der Waals surface area contributed by atoms with Crippen LogP contribution in [0.3, 0.4) is 0 Å². The molecule has 5 nitrogen and oxygen atoms in total. The van der Waals surface area contributed by atoms with Gasteiger partial charge in [0, 0.05) is 30.0 Å². The summed E-state index contributed by atoms with van der Waals surface area (Å²) in [5.74, 6) is 0.157. The topological polar surface area (TPSA) is 66.1 Å². The number of Topliss-reactive ketones (excluding diaryl/α,β-unsaturated/α-hetero) is 1. The van der Waals surface area contributed by atoms with Crippen molar-refractivity contribution >= 4 is 22.6 Å². The molecule has 1 aliphatic heterocycles. The minimum absolute atomic E-state index is 0.00982. The smallest absolute Gasteiger partial charge is 0.228 e. The highest BCUT2D eigenvalue weighted by Crippen LogP contribution is 2.24. The number of nitrogens with one attached hydrogen (secondary N) is 1. The summed E-state index contributed by atoms with van der Waals surface area (Å²) in [5, 5.41) is 8.22. The molecule has 0 aliphatic carbocycles. The van der Waals surface area contributed by atoms with Crippen molar-refractivity contribution in [3.63, 3.8) is 0 Å². The molecule has 132 valence electrons. The first kappa shape index (κ1) is 16.5. The van der Waals surface area contributed by atoms with E-state index in [-0.39, 0.29) is 24.2 Å². The molecule has 1 atom stereocenters. The van der Waals surface area contributed by atoms with Gasteiger partial charge < -0.3 is 4.90 Å². The van der Waals surface area contributed by atoms with E-state index in [1.54, 1.807) is 0 Å². The number of hydrogen-bond acceptors (Lipinski definition) is 3. The Morgan fingerprint density at radius 3 is 2.69 bits per heavy atom. The van der Waals surface area contributed by atoms with E-state index in [0.717, 1.165) is 36.0 Å². The lowest BCUT2D eigenvalue weighted by atomic mass is 10.0. The maximum Gasteiger partial charge on any atom is 0.228 e. The first-order chi connectivity index (χ1) is 12.7. The van der Waals surface area contributed by atoms with Gasteiger partial charge in [-0.2, -0.15) is 5.10 Å². The van der Waals surface area contributed by atoms with E-state index in [2.05, 4.69) is 10.2 Å². The summed E-state index contributed by atoms with van der Waals surface area (Å²) in [6, 6.07) is 17.1. The van der Waals surface area contributed by atoms with E-state index < -0.39 is 0 Å². The molecule has 1 fully saturated rings. The predicted octanol–water partition coefficient (Wildman–Crippen LogP) is 3.37. The number of benzene rings is 2. The normalized spacial score (nSPS) is 16.9. The predicted molar refractivity (Wildman–Crippen MR) is 99.9 cm³/mol. The molecule has 2 heterocycles. The average molecular weight is 347 g/mol. The minimum Gasteiger partial charge on any atom is -0.339 e. The highest BCUT2D eigenvalue weighted by atomic mass is 16.2. The molecule has 1 N–H and O–H groups in total. The van der Waals surface area contributed by atoms with Gasteiger partial charge in [0.15, 0.2) is 5.78 Å². The summed E-state index contributed by atoms with van der Waals surface area (Å²) in [5.41, 5.74) is 2.42. The SMILES string of the molecule is O=C(C[C@H]1CCCN1C(=O)Cc1[nH]nc2ccccc12)c1ccccc1. The number of para-hydroxylation sites is 1. The first-order valence-corrected chi connectivity index (χ1v) is 9.02. The number of amides is 1. The van der Waals surface area contributed by atoms with Gasteiger partial charge in [0.1, 0.15) is 0 Å². The van der Waals surface area contributed by atoms with Gasteiger partial charge in [-0.15, -0.1) is 0 Å². The highest BCUT2D eigenvalue weighted by Gasteiger charge is 2.30. The number of carbonyl (C=O) groups is 2. The molecule has 0 radical (unpaired) electrons. The summed E-state index contributed by atoms with van der Waals surface area (Å²) in [4.78, 5) is 27.2. The van der Waals surface area contributed by atoms with Gasteiger partial charge in [-0.1, -0.05) is 48.5 Å². The third-order valence-electron chi connectivity index (χ3n) is 5.08. The van der Waals surface area contributed by atoms with E-state index in [0.29, 0.717) is 12.0 Å². The van der Waals surface area contributed by atoms with Gasteiger partial charge in [0.25, 0.3) is 0 Å². The van der Waals surface area contributed by atoms with Gasteiger partial charge in [-0.25, -0.2) is 0 Å². The maximum absolute atomic E-state index is 12.9. The van der Waals surface area contributed by atoms with Crippen LogP contribution in [-0.2, 0) is 11.2 Å². The van der Waals surface area contributed by atoms with Crippen LogP contribution < -0.4 is 0 Å². The number of likely N-dealkylation sites (tertiary alicyclic amines) is 1. The molecule has 1 aromatic heterocycles. The molecular formula is C21H21N3O2. The monoisotopic (exact) mass is 347 g/mol. The van der Waals surface area contributed by atoms with Crippen molar-refractivity contribution in [1.29, 1.82) is 0 Å². The molecule has 5 heteroatoms. The Morgan fingerprint density at radius 2 is 1.85 bits per heavy atom. The lowest BCUT2D eigenvalue weighted by Crippen LogP contribution is -2.37. The van der Waals surface area contributed by atoms with Crippen LogP contribution in [0.1, 0.15) is 35.3 Å². The molecule has 2 aromatic carbocycles. The van der Waals surface area contributed by atoms with Gasteiger partial charge in [-0.05, 0) is 18.9 Å². The molecule has 0 saturated carbocycles. The van der Waals surface area contributed by atoms with Gasteiger partial charge >= 0.3 is 0 Å². The van der Waals surface area contributed by atoms with Crippen LogP contribution in [0.5, 0.6) is 0 Å². The summed E-state index contributed by atoms with van der Waals surface area (Å²) < 4.78 is 0. The van der Waals surface area contributed by atoms with Crippen molar-refractivity contribution in [3.8, 4) is 0 Å². The van der Waals surface area contributed by atoms with Crippen molar-refractivity contribution in [2.24, 2.45) is 0 Å². The molecule has 1 aliphatic rings.